The lowest BCUT2D eigenvalue weighted by Gasteiger charge is -2.27. The van der Waals surface area contributed by atoms with E-state index in [1.165, 1.54) is 0 Å². The number of rotatable bonds is 7. The molecule has 0 radical (unpaired) electrons. The van der Waals surface area contributed by atoms with Crippen molar-refractivity contribution in [3.63, 3.8) is 0 Å². The Morgan fingerprint density at radius 2 is 1.53 bits per heavy atom. The zero-order chi connectivity index (χ0) is 26.9. The Balaban J connectivity index is 1.98. The van der Waals surface area contributed by atoms with Gasteiger partial charge in [0.15, 0.2) is 0 Å². The summed E-state index contributed by atoms with van der Waals surface area (Å²) >= 11 is 0. The number of alkyl halides is 9. The minimum atomic E-state index is -5.11. The van der Waals surface area contributed by atoms with Crippen LogP contribution in [0.5, 0.6) is 0 Å². The topological polar surface area (TPSA) is 86.8 Å². The summed E-state index contributed by atoms with van der Waals surface area (Å²) in [4.78, 5) is 5.53. The molecule has 1 aromatic carbocycles. The molecule has 1 aliphatic heterocycles. The second-order valence-electron chi connectivity index (χ2n) is 7.58. The highest BCUT2D eigenvalue weighted by Crippen LogP contribution is 2.38. The highest BCUT2D eigenvalue weighted by Gasteiger charge is 2.38. The fourth-order valence-electron chi connectivity index (χ4n) is 3.35. The predicted molar refractivity (Wildman–Crippen MR) is 109 cm³/mol. The molecule has 202 valence electrons. The number of hydrogen-bond acceptors (Lipinski definition) is 6. The van der Waals surface area contributed by atoms with Crippen LogP contribution in [-0.4, -0.2) is 69.5 Å². The maximum atomic E-state index is 13.7. The van der Waals surface area contributed by atoms with Crippen LogP contribution in [0.3, 0.4) is 0 Å². The molecule has 2 aromatic rings. The molecular formula is C18H18F9N5O3S. The van der Waals surface area contributed by atoms with Crippen molar-refractivity contribution in [3.8, 4) is 0 Å². The van der Waals surface area contributed by atoms with Gasteiger partial charge in [0.05, 0.1) is 24.3 Å². The number of morpholine rings is 1. The number of halogens is 9. The monoisotopic (exact) mass is 555 g/mol. The van der Waals surface area contributed by atoms with E-state index in [1.807, 2.05) is 10.3 Å². The standard InChI is InChI=1S/C18H18F9N5O3S/c19-16(20,21)9-31(10-17(22,23)24)11-1-2-14-12(7-11)13(18(25,26)27)8-15(28-14)29-30-36(33,34)32-3-5-35-6-4-32/h1-2,7-8,30H,3-6,9-10H2,(H,28,29). The van der Waals surface area contributed by atoms with Gasteiger partial charge < -0.3 is 9.64 Å². The molecule has 1 aromatic heterocycles. The van der Waals surface area contributed by atoms with Gasteiger partial charge in [0, 0.05) is 24.2 Å². The lowest BCUT2D eigenvalue weighted by molar-refractivity contribution is -0.138. The van der Waals surface area contributed by atoms with Crippen LogP contribution in [-0.2, 0) is 21.1 Å². The summed E-state index contributed by atoms with van der Waals surface area (Å²) in [6, 6.07) is 2.46. The SMILES string of the molecule is O=S(=O)(NNc1cc(C(F)(F)F)c2cc(N(CC(F)(F)F)CC(F)(F)F)ccc2n1)N1CCOCC1. The number of pyridine rings is 1. The Bertz CT molecular complexity index is 1160. The van der Waals surface area contributed by atoms with Crippen LogP contribution in [0.1, 0.15) is 5.56 Å². The van der Waals surface area contributed by atoms with Gasteiger partial charge in [-0.1, -0.05) is 0 Å². The van der Waals surface area contributed by atoms with E-state index in [1.54, 1.807) is 0 Å². The van der Waals surface area contributed by atoms with Crippen LogP contribution in [0.15, 0.2) is 24.3 Å². The molecule has 36 heavy (non-hydrogen) atoms. The number of aromatic nitrogens is 1. The summed E-state index contributed by atoms with van der Waals surface area (Å²) in [5.74, 6) is -0.609. The second kappa shape index (κ2) is 10.1. The van der Waals surface area contributed by atoms with Crippen LogP contribution >= 0.6 is 0 Å². The van der Waals surface area contributed by atoms with Crippen molar-refractivity contribution in [2.75, 3.05) is 49.7 Å². The maximum absolute atomic E-state index is 13.7. The highest BCUT2D eigenvalue weighted by molar-refractivity contribution is 7.87. The average molecular weight is 555 g/mol. The number of hydrogen-bond donors (Lipinski definition) is 2. The largest absolute Gasteiger partial charge is 0.417 e. The van der Waals surface area contributed by atoms with E-state index >= 15 is 0 Å². The summed E-state index contributed by atoms with van der Waals surface area (Å²) in [5, 5.41) is -0.782. The lowest BCUT2D eigenvalue weighted by atomic mass is 10.1. The van der Waals surface area contributed by atoms with E-state index < -0.39 is 69.8 Å². The van der Waals surface area contributed by atoms with Crippen LogP contribution in [0.4, 0.5) is 51.0 Å². The number of nitrogens with one attached hydrogen (secondary N) is 2. The first kappa shape index (κ1) is 28.0. The summed E-state index contributed by atoms with van der Waals surface area (Å²) in [6.45, 7) is -3.92. The number of ether oxygens (including phenoxy) is 1. The first-order valence-electron chi connectivity index (χ1n) is 9.96. The summed E-state index contributed by atoms with van der Waals surface area (Å²) in [6.07, 6.45) is -15.3. The Kier molecular flexibility index (Phi) is 7.83. The maximum Gasteiger partial charge on any atom is 0.417 e. The van der Waals surface area contributed by atoms with Gasteiger partial charge in [-0.2, -0.15) is 52.2 Å². The summed E-state index contributed by atoms with van der Waals surface area (Å²) in [5.41, 5.74) is -0.634. The predicted octanol–water partition coefficient (Wildman–Crippen LogP) is 3.68. The normalized spacial score (nSPS) is 16.4. The molecule has 2 N–H and O–H groups in total. The number of nitrogens with zero attached hydrogens (tertiary/aromatic N) is 3. The molecule has 0 aliphatic carbocycles. The van der Waals surface area contributed by atoms with Crippen LogP contribution in [0.2, 0.25) is 0 Å². The van der Waals surface area contributed by atoms with E-state index in [-0.39, 0.29) is 31.2 Å². The molecule has 0 bridgehead atoms. The molecule has 0 atom stereocenters. The molecule has 2 heterocycles. The molecule has 0 saturated carbocycles. The zero-order valence-electron chi connectivity index (χ0n) is 17.9. The average Bonchev–Trinajstić information content (AvgIpc) is 2.74. The number of hydrazine groups is 1. The molecular weight excluding hydrogens is 537 g/mol. The summed E-state index contributed by atoms with van der Waals surface area (Å²) < 4.78 is 149. The Labute approximate surface area is 198 Å². The zero-order valence-corrected chi connectivity index (χ0v) is 18.7. The molecule has 8 nitrogen and oxygen atoms in total. The van der Waals surface area contributed by atoms with Crippen molar-refractivity contribution in [1.82, 2.24) is 14.1 Å². The highest BCUT2D eigenvalue weighted by atomic mass is 32.2. The van der Waals surface area contributed by atoms with Gasteiger partial charge in [-0.25, -0.2) is 4.98 Å². The minimum Gasteiger partial charge on any atom is -0.379 e. The molecule has 18 heteroatoms. The number of anilines is 2. The van der Waals surface area contributed by atoms with Crippen LogP contribution < -0.4 is 15.2 Å². The first-order valence-corrected chi connectivity index (χ1v) is 11.4. The number of fused-ring (bicyclic) bond motifs is 1. The summed E-state index contributed by atoms with van der Waals surface area (Å²) in [7, 11) is -4.18. The molecule has 1 saturated heterocycles. The fraction of sp³-hybridized carbons (Fsp3) is 0.500. The number of benzene rings is 1. The third-order valence-electron chi connectivity index (χ3n) is 4.82. The van der Waals surface area contributed by atoms with Crippen molar-refractivity contribution in [2.24, 2.45) is 0 Å². The fourth-order valence-corrected chi connectivity index (χ4v) is 4.34. The quantitative estimate of drug-likeness (QED) is 0.401. The first-order chi connectivity index (χ1) is 16.4. The molecule has 0 spiro atoms. The Morgan fingerprint density at radius 1 is 0.944 bits per heavy atom. The van der Waals surface area contributed by atoms with Gasteiger partial charge in [-0.15, -0.1) is 4.83 Å². The molecule has 3 rings (SSSR count). The van der Waals surface area contributed by atoms with E-state index in [4.69, 9.17) is 4.74 Å². The molecule has 0 amide bonds. The third kappa shape index (κ3) is 7.47. The molecule has 1 fully saturated rings. The van der Waals surface area contributed by atoms with Gasteiger partial charge in [0.25, 0.3) is 10.2 Å². The van der Waals surface area contributed by atoms with E-state index in [9.17, 15) is 47.9 Å². The van der Waals surface area contributed by atoms with Gasteiger partial charge >= 0.3 is 18.5 Å². The van der Waals surface area contributed by atoms with Crippen molar-refractivity contribution in [3.05, 3.63) is 29.8 Å². The van der Waals surface area contributed by atoms with E-state index in [0.29, 0.717) is 12.1 Å². The van der Waals surface area contributed by atoms with E-state index in [2.05, 4.69) is 4.98 Å². The lowest BCUT2D eigenvalue weighted by Crippen LogP contribution is -2.48. The van der Waals surface area contributed by atoms with Crippen LogP contribution in [0, 0.1) is 0 Å². The second-order valence-corrected chi connectivity index (χ2v) is 9.25. The molecule has 0 unspecified atom stereocenters. The van der Waals surface area contributed by atoms with Gasteiger partial charge in [0.1, 0.15) is 18.9 Å². The van der Waals surface area contributed by atoms with E-state index in [0.717, 1.165) is 16.4 Å². The van der Waals surface area contributed by atoms with Gasteiger partial charge in [0.2, 0.25) is 0 Å². The minimum absolute atomic E-state index is 0.00884. The van der Waals surface area contributed by atoms with Crippen molar-refractivity contribution in [2.45, 2.75) is 18.5 Å². The Hall–Kier alpha value is -2.57. The van der Waals surface area contributed by atoms with Crippen molar-refractivity contribution < 1.29 is 52.7 Å². The van der Waals surface area contributed by atoms with Gasteiger partial charge in [-0.05, 0) is 24.3 Å². The Morgan fingerprint density at radius 3 is 2.06 bits per heavy atom. The third-order valence-corrected chi connectivity index (χ3v) is 6.23. The van der Waals surface area contributed by atoms with Crippen molar-refractivity contribution >= 4 is 32.6 Å². The van der Waals surface area contributed by atoms with Crippen molar-refractivity contribution in [1.29, 1.82) is 0 Å². The molecule has 1 aliphatic rings. The smallest absolute Gasteiger partial charge is 0.379 e. The van der Waals surface area contributed by atoms with Crippen LogP contribution in [0.25, 0.3) is 10.9 Å². The van der Waals surface area contributed by atoms with Gasteiger partial charge in [-0.3, -0.25) is 5.43 Å².